The fourth-order valence-electron chi connectivity index (χ4n) is 4.44. The highest BCUT2D eigenvalue weighted by molar-refractivity contribution is 6.22. The van der Waals surface area contributed by atoms with Gasteiger partial charge in [-0.3, -0.25) is 0 Å². The highest BCUT2D eigenvalue weighted by Crippen LogP contribution is 2.35. The molecule has 4 heteroatoms. The first kappa shape index (κ1) is 22.6. The van der Waals surface area contributed by atoms with Gasteiger partial charge in [-0.05, 0) is 61.2 Å². The van der Waals surface area contributed by atoms with Crippen molar-refractivity contribution < 1.29 is 5.11 Å². The van der Waals surface area contributed by atoms with Crippen molar-refractivity contribution in [3.8, 4) is 17.0 Å². The summed E-state index contributed by atoms with van der Waals surface area (Å²) in [5, 5.41) is 12.0. The number of aromatic hydroxyl groups is 1. The molecular formula is C31H29N3O. The summed E-state index contributed by atoms with van der Waals surface area (Å²) < 4.78 is 0. The molecule has 0 atom stereocenters. The Balaban J connectivity index is 1.66. The molecule has 0 spiro atoms. The first-order valence-corrected chi connectivity index (χ1v) is 11.8. The van der Waals surface area contributed by atoms with E-state index in [1.807, 2.05) is 80.6 Å². The average molecular weight is 460 g/mol. The van der Waals surface area contributed by atoms with Gasteiger partial charge in [-0.1, -0.05) is 78.9 Å². The van der Waals surface area contributed by atoms with Crippen molar-refractivity contribution in [2.24, 2.45) is 10.7 Å². The standard InChI is InChI=1S/C31H29N3O/c1-20-9-7-8-12-25(20)22-13-18-26-27(19-22)34-30(35)28(26)29(21-10-5-4-6-11-21)33-24-16-14-23(15-17-24)31(2,3)32/h4-19,34-35H,32H2,1-3H3. The van der Waals surface area contributed by atoms with E-state index in [9.17, 15) is 5.11 Å². The molecule has 4 N–H and O–H groups in total. The SMILES string of the molecule is Cc1ccccc1-c1ccc2c(C(=Nc3ccc(C(C)(C)N)cc3)c3ccccc3)c(O)[nH]c2c1. The van der Waals surface area contributed by atoms with Crippen molar-refractivity contribution in [1.29, 1.82) is 0 Å². The Bertz CT molecular complexity index is 1520. The number of aromatic nitrogens is 1. The number of rotatable bonds is 5. The lowest BCUT2D eigenvalue weighted by atomic mass is 9.95. The molecule has 5 rings (SSSR count). The predicted molar refractivity (Wildman–Crippen MR) is 146 cm³/mol. The molecule has 0 radical (unpaired) electrons. The van der Waals surface area contributed by atoms with Gasteiger partial charge in [-0.25, -0.2) is 4.99 Å². The van der Waals surface area contributed by atoms with Gasteiger partial charge < -0.3 is 15.8 Å². The maximum absolute atomic E-state index is 11.1. The van der Waals surface area contributed by atoms with Gasteiger partial charge in [0.25, 0.3) is 0 Å². The number of nitrogens with one attached hydrogen (secondary N) is 1. The smallest absolute Gasteiger partial charge is 0.199 e. The number of fused-ring (bicyclic) bond motifs is 1. The zero-order valence-electron chi connectivity index (χ0n) is 20.2. The van der Waals surface area contributed by atoms with Crippen LogP contribution in [0.1, 0.15) is 36.1 Å². The summed E-state index contributed by atoms with van der Waals surface area (Å²) in [7, 11) is 0. The minimum Gasteiger partial charge on any atom is -0.494 e. The molecule has 0 amide bonds. The third-order valence-corrected chi connectivity index (χ3v) is 6.37. The number of aliphatic imine (C=N–C) groups is 1. The first-order chi connectivity index (χ1) is 16.8. The van der Waals surface area contributed by atoms with E-state index in [1.165, 1.54) is 11.1 Å². The molecule has 0 aliphatic carbocycles. The number of hydrogen-bond donors (Lipinski definition) is 3. The lowest BCUT2D eigenvalue weighted by molar-refractivity contribution is 0.457. The molecule has 4 aromatic carbocycles. The van der Waals surface area contributed by atoms with E-state index < -0.39 is 5.54 Å². The molecule has 174 valence electrons. The number of aryl methyl sites for hydroxylation is 1. The van der Waals surface area contributed by atoms with E-state index in [-0.39, 0.29) is 5.88 Å². The van der Waals surface area contributed by atoms with Crippen LogP contribution < -0.4 is 5.73 Å². The van der Waals surface area contributed by atoms with Gasteiger partial charge in [0, 0.05) is 22.0 Å². The zero-order valence-corrected chi connectivity index (χ0v) is 20.2. The maximum atomic E-state index is 11.1. The molecule has 0 unspecified atom stereocenters. The molecule has 5 aromatic rings. The average Bonchev–Trinajstić information content (AvgIpc) is 3.18. The van der Waals surface area contributed by atoms with E-state index in [1.54, 1.807) is 0 Å². The second kappa shape index (κ2) is 8.90. The lowest BCUT2D eigenvalue weighted by Gasteiger charge is -2.19. The van der Waals surface area contributed by atoms with Crippen molar-refractivity contribution in [2.75, 3.05) is 0 Å². The van der Waals surface area contributed by atoms with Gasteiger partial charge >= 0.3 is 0 Å². The summed E-state index contributed by atoms with van der Waals surface area (Å²) in [6.45, 7) is 6.07. The third-order valence-electron chi connectivity index (χ3n) is 6.37. The first-order valence-electron chi connectivity index (χ1n) is 11.8. The van der Waals surface area contributed by atoms with Crippen LogP contribution in [0.15, 0.2) is 102 Å². The van der Waals surface area contributed by atoms with Crippen LogP contribution in [0.2, 0.25) is 0 Å². The molecule has 0 bridgehead atoms. The van der Waals surface area contributed by atoms with Crippen LogP contribution in [0.5, 0.6) is 5.88 Å². The second-order valence-corrected chi connectivity index (χ2v) is 9.52. The minimum atomic E-state index is -0.422. The molecular weight excluding hydrogens is 430 g/mol. The summed E-state index contributed by atoms with van der Waals surface area (Å²) >= 11 is 0. The summed E-state index contributed by atoms with van der Waals surface area (Å²) in [6, 6.07) is 32.4. The number of aromatic amines is 1. The summed E-state index contributed by atoms with van der Waals surface area (Å²) in [6.07, 6.45) is 0. The van der Waals surface area contributed by atoms with Gasteiger partial charge in [0.2, 0.25) is 0 Å². The van der Waals surface area contributed by atoms with Crippen LogP contribution >= 0.6 is 0 Å². The molecule has 1 aromatic heterocycles. The Kier molecular flexibility index (Phi) is 5.75. The molecule has 1 heterocycles. The molecule has 4 nitrogen and oxygen atoms in total. The maximum Gasteiger partial charge on any atom is 0.199 e. The highest BCUT2D eigenvalue weighted by Gasteiger charge is 2.20. The molecule has 0 aliphatic rings. The van der Waals surface area contributed by atoms with Crippen molar-refractivity contribution in [1.82, 2.24) is 4.98 Å². The van der Waals surface area contributed by atoms with Crippen LogP contribution in [0.4, 0.5) is 5.69 Å². The predicted octanol–water partition coefficient (Wildman–Crippen LogP) is 7.21. The van der Waals surface area contributed by atoms with E-state index in [0.717, 1.165) is 33.3 Å². The quantitative estimate of drug-likeness (QED) is 0.243. The van der Waals surface area contributed by atoms with Crippen LogP contribution in [-0.4, -0.2) is 15.8 Å². The Hall–Kier alpha value is -4.15. The van der Waals surface area contributed by atoms with Crippen LogP contribution in [-0.2, 0) is 5.54 Å². The van der Waals surface area contributed by atoms with Gasteiger partial charge in [0.15, 0.2) is 5.88 Å². The Morgan fingerprint density at radius 3 is 2.23 bits per heavy atom. The molecule has 0 saturated heterocycles. The fourth-order valence-corrected chi connectivity index (χ4v) is 4.44. The lowest BCUT2D eigenvalue weighted by Crippen LogP contribution is -2.28. The number of hydrogen-bond acceptors (Lipinski definition) is 3. The third kappa shape index (κ3) is 4.48. The van der Waals surface area contributed by atoms with E-state index in [2.05, 4.69) is 42.2 Å². The Labute approximate surface area is 205 Å². The molecule has 0 aliphatic heterocycles. The highest BCUT2D eigenvalue weighted by atomic mass is 16.3. The van der Waals surface area contributed by atoms with Crippen molar-refractivity contribution in [3.05, 3.63) is 119 Å². The van der Waals surface area contributed by atoms with Crippen molar-refractivity contribution >= 4 is 22.3 Å². The summed E-state index contributed by atoms with van der Waals surface area (Å²) in [5.41, 5.74) is 14.3. The molecule has 0 fully saturated rings. The Morgan fingerprint density at radius 1 is 0.857 bits per heavy atom. The monoisotopic (exact) mass is 459 g/mol. The molecule has 35 heavy (non-hydrogen) atoms. The van der Waals surface area contributed by atoms with Gasteiger partial charge in [-0.2, -0.15) is 0 Å². The van der Waals surface area contributed by atoms with Crippen LogP contribution in [0.3, 0.4) is 0 Å². The van der Waals surface area contributed by atoms with E-state index in [0.29, 0.717) is 11.3 Å². The fraction of sp³-hybridized carbons (Fsp3) is 0.129. The largest absolute Gasteiger partial charge is 0.494 e. The van der Waals surface area contributed by atoms with E-state index in [4.69, 9.17) is 10.7 Å². The van der Waals surface area contributed by atoms with Crippen LogP contribution in [0, 0.1) is 6.92 Å². The minimum absolute atomic E-state index is 0.101. The van der Waals surface area contributed by atoms with Gasteiger partial charge in [0.1, 0.15) is 0 Å². The van der Waals surface area contributed by atoms with Crippen molar-refractivity contribution in [2.45, 2.75) is 26.3 Å². The number of nitrogens with zero attached hydrogens (tertiary/aromatic N) is 1. The van der Waals surface area contributed by atoms with Gasteiger partial charge in [0.05, 0.1) is 17.0 Å². The number of nitrogens with two attached hydrogens (primary N) is 1. The van der Waals surface area contributed by atoms with E-state index >= 15 is 0 Å². The zero-order chi connectivity index (χ0) is 24.6. The van der Waals surface area contributed by atoms with Gasteiger partial charge in [-0.15, -0.1) is 0 Å². The van der Waals surface area contributed by atoms with Crippen molar-refractivity contribution in [3.63, 3.8) is 0 Å². The normalized spacial score (nSPS) is 12.3. The molecule has 0 saturated carbocycles. The van der Waals surface area contributed by atoms with Crippen LogP contribution in [0.25, 0.3) is 22.0 Å². The summed E-state index contributed by atoms with van der Waals surface area (Å²) in [4.78, 5) is 8.18. The second-order valence-electron chi connectivity index (χ2n) is 9.52. The Morgan fingerprint density at radius 2 is 1.54 bits per heavy atom. The number of benzene rings is 4. The number of H-pyrrole nitrogens is 1. The summed E-state index contributed by atoms with van der Waals surface area (Å²) in [5.74, 6) is 0.101. The topological polar surface area (TPSA) is 74.4 Å².